The fraction of sp³-hybridized carbons (Fsp3) is 0.923. The molecule has 0 bridgehead atoms. The molecule has 0 aromatic rings. The van der Waals surface area contributed by atoms with Crippen molar-refractivity contribution in [1.82, 2.24) is 4.90 Å². The average Bonchev–Trinajstić information content (AvgIpc) is 3.09. The van der Waals surface area contributed by atoms with Gasteiger partial charge in [0.25, 0.3) is 0 Å². The van der Waals surface area contributed by atoms with Gasteiger partial charge in [-0.05, 0) is 38.6 Å². The fourth-order valence-corrected chi connectivity index (χ4v) is 2.06. The van der Waals surface area contributed by atoms with E-state index in [-0.39, 0.29) is 0 Å². The van der Waals surface area contributed by atoms with Crippen LogP contribution in [0.5, 0.6) is 0 Å². The number of nitrogens with two attached hydrogens (primary N) is 1. The Morgan fingerprint density at radius 3 is 2.50 bits per heavy atom. The molecule has 0 spiro atoms. The normalized spacial score (nSPS) is 15.1. The Morgan fingerprint density at radius 1 is 1.25 bits per heavy atom. The molecule has 0 atom stereocenters. The van der Waals surface area contributed by atoms with Crippen LogP contribution in [-0.4, -0.2) is 29.9 Å². The zero-order valence-electron chi connectivity index (χ0n) is 10.6. The molecule has 1 rings (SSSR count). The standard InChI is InChI=1S/C13H26N2O/c1-2-11-15(12-8-9-12)13(16)7-5-3-4-6-10-14/h12H,2-11,14H2,1H3. The first-order valence-corrected chi connectivity index (χ1v) is 6.79. The first-order valence-electron chi connectivity index (χ1n) is 6.79. The summed E-state index contributed by atoms with van der Waals surface area (Å²) in [4.78, 5) is 14.0. The highest BCUT2D eigenvalue weighted by Crippen LogP contribution is 2.27. The second-order valence-corrected chi connectivity index (χ2v) is 4.77. The van der Waals surface area contributed by atoms with Crippen LogP contribution >= 0.6 is 0 Å². The predicted molar refractivity (Wildman–Crippen MR) is 67.2 cm³/mol. The van der Waals surface area contributed by atoms with Gasteiger partial charge in [-0.25, -0.2) is 0 Å². The van der Waals surface area contributed by atoms with Crippen LogP contribution in [0.2, 0.25) is 0 Å². The molecule has 0 radical (unpaired) electrons. The molecule has 0 aliphatic heterocycles. The Kier molecular flexibility index (Phi) is 6.46. The van der Waals surface area contributed by atoms with Crippen LogP contribution in [0, 0.1) is 0 Å². The van der Waals surface area contributed by atoms with E-state index in [9.17, 15) is 4.79 Å². The first-order chi connectivity index (χ1) is 7.79. The van der Waals surface area contributed by atoms with E-state index in [1.54, 1.807) is 0 Å². The van der Waals surface area contributed by atoms with Gasteiger partial charge < -0.3 is 10.6 Å². The van der Waals surface area contributed by atoms with Crippen molar-refractivity contribution in [3.05, 3.63) is 0 Å². The molecule has 1 fully saturated rings. The van der Waals surface area contributed by atoms with E-state index in [1.807, 2.05) is 0 Å². The van der Waals surface area contributed by atoms with Gasteiger partial charge in [-0.2, -0.15) is 0 Å². The number of carbonyl (C=O) groups excluding carboxylic acids is 1. The Morgan fingerprint density at radius 2 is 1.94 bits per heavy atom. The Labute approximate surface area is 99.4 Å². The van der Waals surface area contributed by atoms with Gasteiger partial charge in [-0.3, -0.25) is 4.79 Å². The maximum atomic E-state index is 11.9. The molecule has 94 valence electrons. The van der Waals surface area contributed by atoms with E-state index in [2.05, 4.69) is 11.8 Å². The second-order valence-electron chi connectivity index (χ2n) is 4.77. The smallest absolute Gasteiger partial charge is 0.222 e. The largest absolute Gasteiger partial charge is 0.340 e. The molecule has 1 saturated carbocycles. The number of hydrogen-bond donors (Lipinski definition) is 1. The lowest BCUT2D eigenvalue weighted by atomic mass is 10.1. The summed E-state index contributed by atoms with van der Waals surface area (Å²) in [5.74, 6) is 0.372. The highest BCUT2D eigenvalue weighted by molar-refractivity contribution is 5.76. The average molecular weight is 226 g/mol. The van der Waals surface area contributed by atoms with Crippen molar-refractivity contribution < 1.29 is 4.79 Å². The molecular weight excluding hydrogens is 200 g/mol. The van der Waals surface area contributed by atoms with E-state index in [0.717, 1.165) is 45.2 Å². The van der Waals surface area contributed by atoms with Gasteiger partial charge in [0, 0.05) is 19.0 Å². The zero-order valence-corrected chi connectivity index (χ0v) is 10.6. The van der Waals surface area contributed by atoms with E-state index >= 15 is 0 Å². The summed E-state index contributed by atoms with van der Waals surface area (Å²) < 4.78 is 0. The monoisotopic (exact) mass is 226 g/mol. The van der Waals surface area contributed by atoms with Gasteiger partial charge in [-0.1, -0.05) is 19.8 Å². The summed E-state index contributed by atoms with van der Waals surface area (Å²) in [5, 5.41) is 0. The van der Waals surface area contributed by atoms with Gasteiger partial charge in [-0.15, -0.1) is 0 Å². The SMILES string of the molecule is CCCN(C(=O)CCCCCCN)C1CC1. The van der Waals surface area contributed by atoms with Crippen LogP contribution in [0.3, 0.4) is 0 Å². The Bertz CT molecular complexity index is 202. The summed E-state index contributed by atoms with van der Waals surface area (Å²) in [6.45, 7) is 3.87. The molecule has 1 amide bonds. The van der Waals surface area contributed by atoms with Crippen molar-refractivity contribution in [3.8, 4) is 0 Å². The van der Waals surface area contributed by atoms with Crippen molar-refractivity contribution in [2.45, 2.75) is 64.3 Å². The summed E-state index contributed by atoms with van der Waals surface area (Å²) in [5.41, 5.74) is 5.43. The summed E-state index contributed by atoms with van der Waals surface area (Å²) in [6.07, 6.45) is 8.70. The van der Waals surface area contributed by atoms with E-state index in [4.69, 9.17) is 5.73 Å². The lowest BCUT2D eigenvalue weighted by Crippen LogP contribution is -2.33. The third-order valence-corrected chi connectivity index (χ3v) is 3.12. The molecule has 16 heavy (non-hydrogen) atoms. The van der Waals surface area contributed by atoms with E-state index in [0.29, 0.717) is 11.9 Å². The maximum Gasteiger partial charge on any atom is 0.222 e. The van der Waals surface area contributed by atoms with Crippen molar-refractivity contribution in [2.75, 3.05) is 13.1 Å². The van der Waals surface area contributed by atoms with Crippen molar-refractivity contribution in [2.24, 2.45) is 5.73 Å². The van der Waals surface area contributed by atoms with Gasteiger partial charge in [0.05, 0.1) is 0 Å². The molecule has 1 aliphatic carbocycles. The van der Waals surface area contributed by atoms with Crippen LogP contribution in [0.15, 0.2) is 0 Å². The molecule has 2 N–H and O–H groups in total. The minimum Gasteiger partial charge on any atom is -0.340 e. The van der Waals surface area contributed by atoms with Crippen molar-refractivity contribution in [3.63, 3.8) is 0 Å². The topological polar surface area (TPSA) is 46.3 Å². The lowest BCUT2D eigenvalue weighted by molar-refractivity contribution is -0.131. The molecule has 3 heteroatoms. The zero-order chi connectivity index (χ0) is 11.8. The number of carbonyl (C=O) groups is 1. The first kappa shape index (κ1) is 13.5. The molecular formula is C13H26N2O. The van der Waals surface area contributed by atoms with Crippen LogP contribution in [0.4, 0.5) is 0 Å². The number of hydrogen-bond acceptors (Lipinski definition) is 2. The molecule has 3 nitrogen and oxygen atoms in total. The highest BCUT2D eigenvalue weighted by Gasteiger charge is 2.31. The fourth-order valence-electron chi connectivity index (χ4n) is 2.06. The van der Waals surface area contributed by atoms with E-state index < -0.39 is 0 Å². The van der Waals surface area contributed by atoms with Gasteiger partial charge in [0.15, 0.2) is 0 Å². The number of nitrogens with zero attached hydrogens (tertiary/aromatic N) is 1. The van der Waals surface area contributed by atoms with Gasteiger partial charge in [0.2, 0.25) is 5.91 Å². The van der Waals surface area contributed by atoms with Crippen molar-refractivity contribution in [1.29, 1.82) is 0 Å². The second kappa shape index (κ2) is 7.66. The predicted octanol–water partition coefficient (Wildman–Crippen LogP) is 2.30. The molecule has 0 aromatic heterocycles. The summed E-state index contributed by atoms with van der Waals surface area (Å²) in [6, 6.07) is 0.580. The van der Waals surface area contributed by atoms with Crippen LogP contribution in [0.25, 0.3) is 0 Å². The molecule has 0 aromatic carbocycles. The molecule has 0 saturated heterocycles. The number of rotatable bonds is 9. The van der Waals surface area contributed by atoms with Gasteiger partial charge in [0.1, 0.15) is 0 Å². The Hall–Kier alpha value is -0.570. The van der Waals surface area contributed by atoms with Crippen molar-refractivity contribution >= 4 is 5.91 Å². The minimum atomic E-state index is 0.372. The molecule has 0 heterocycles. The quantitative estimate of drug-likeness (QED) is 0.613. The lowest BCUT2D eigenvalue weighted by Gasteiger charge is -2.21. The molecule has 1 aliphatic rings. The van der Waals surface area contributed by atoms with Crippen LogP contribution in [-0.2, 0) is 4.79 Å². The van der Waals surface area contributed by atoms with Crippen LogP contribution in [0.1, 0.15) is 58.3 Å². The molecule has 0 unspecified atom stereocenters. The van der Waals surface area contributed by atoms with E-state index in [1.165, 1.54) is 19.3 Å². The highest BCUT2D eigenvalue weighted by atomic mass is 16.2. The third-order valence-electron chi connectivity index (χ3n) is 3.12. The Balaban J connectivity index is 2.11. The number of unbranched alkanes of at least 4 members (excludes halogenated alkanes) is 3. The van der Waals surface area contributed by atoms with Crippen LogP contribution < -0.4 is 5.73 Å². The van der Waals surface area contributed by atoms with Gasteiger partial charge >= 0.3 is 0 Å². The third kappa shape index (κ3) is 4.97. The maximum absolute atomic E-state index is 11.9. The minimum absolute atomic E-state index is 0.372. The number of amides is 1. The summed E-state index contributed by atoms with van der Waals surface area (Å²) >= 11 is 0. The summed E-state index contributed by atoms with van der Waals surface area (Å²) in [7, 11) is 0.